The fraction of sp³-hybridized carbons (Fsp3) is 0.471. The minimum atomic E-state index is -0.188. The van der Waals surface area contributed by atoms with Crippen molar-refractivity contribution in [1.29, 1.82) is 0 Å². The minimum absolute atomic E-state index is 0.188. The summed E-state index contributed by atoms with van der Waals surface area (Å²) in [5.41, 5.74) is 9.29. The summed E-state index contributed by atoms with van der Waals surface area (Å²) in [7, 11) is 0. The maximum absolute atomic E-state index is 9.63. The molecule has 2 rings (SSSR count). The summed E-state index contributed by atoms with van der Waals surface area (Å²) < 4.78 is 0. The highest BCUT2D eigenvalue weighted by Crippen LogP contribution is 2.17. The van der Waals surface area contributed by atoms with Crippen molar-refractivity contribution in [3.8, 4) is 0 Å². The van der Waals surface area contributed by atoms with Crippen molar-refractivity contribution in [3.05, 3.63) is 47.5 Å². The number of likely N-dealkylation sites (tertiary alicyclic amines) is 1. The van der Waals surface area contributed by atoms with Crippen molar-refractivity contribution in [2.24, 2.45) is 10.7 Å². The van der Waals surface area contributed by atoms with Crippen LogP contribution in [0.1, 0.15) is 24.5 Å². The van der Waals surface area contributed by atoms with Crippen LogP contribution in [-0.2, 0) is 13.1 Å². The predicted octanol–water partition coefficient (Wildman–Crippen LogP) is 1.23. The molecule has 1 unspecified atom stereocenters. The second-order valence-corrected chi connectivity index (χ2v) is 5.96. The Bertz CT molecular complexity index is 541. The summed E-state index contributed by atoms with van der Waals surface area (Å²) in [6.45, 7) is 9.51. The molecule has 120 valence electrons. The maximum Gasteiger partial charge on any atom is 0.189 e. The van der Waals surface area contributed by atoms with Gasteiger partial charge in [-0.25, -0.2) is 4.99 Å². The van der Waals surface area contributed by atoms with Crippen LogP contribution in [0.2, 0.25) is 0 Å². The molecule has 1 aliphatic rings. The van der Waals surface area contributed by atoms with Gasteiger partial charge in [-0.15, -0.1) is 0 Å². The van der Waals surface area contributed by atoms with Gasteiger partial charge in [0.25, 0.3) is 0 Å². The molecule has 0 bridgehead atoms. The van der Waals surface area contributed by atoms with Crippen molar-refractivity contribution in [2.45, 2.75) is 32.5 Å². The molecule has 0 radical (unpaired) electrons. The van der Waals surface area contributed by atoms with Crippen LogP contribution in [0.3, 0.4) is 0 Å². The third-order valence-electron chi connectivity index (χ3n) is 3.75. The van der Waals surface area contributed by atoms with Gasteiger partial charge in [-0.05, 0) is 24.5 Å². The molecule has 1 aliphatic heterocycles. The average Bonchev–Trinajstić information content (AvgIpc) is 2.89. The first-order valence-corrected chi connectivity index (χ1v) is 7.70. The van der Waals surface area contributed by atoms with E-state index >= 15 is 0 Å². The third-order valence-corrected chi connectivity index (χ3v) is 3.75. The number of guanidine groups is 1. The van der Waals surface area contributed by atoms with Gasteiger partial charge in [0.05, 0.1) is 12.6 Å². The topological polar surface area (TPSA) is 73.9 Å². The van der Waals surface area contributed by atoms with Crippen molar-refractivity contribution < 1.29 is 5.11 Å². The van der Waals surface area contributed by atoms with E-state index in [0.717, 1.165) is 31.6 Å². The van der Waals surface area contributed by atoms with Gasteiger partial charge in [-0.3, -0.25) is 4.90 Å². The second-order valence-electron chi connectivity index (χ2n) is 5.96. The molecule has 0 aliphatic carbocycles. The fourth-order valence-electron chi connectivity index (χ4n) is 2.53. The highest BCUT2D eigenvalue weighted by molar-refractivity contribution is 5.78. The lowest BCUT2D eigenvalue weighted by Crippen LogP contribution is -2.32. The van der Waals surface area contributed by atoms with Crippen molar-refractivity contribution >= 4 is 5.96 Å². The number of benzene rings is 1. The summed E-state index contributed by atoms with van der Waals surface area (Å²) in [6.07, 6.45) is 0.671. The van der Waals surface area contributed by atoms with E-state index in [1.54, 1.807) is 0 Å². The molecule has 0 spiro atoms. The van der Waals surface area contributed by atoms with Gasteiger partial charge in [0.1, 0.15) is 0 Å². The zero-order valence-corrected chi connectivity index (χ0v) is 13.3. The summed E-state index contributed by atoms with van der Waals surface area (Å²) in [5.74, 6) is 0.439. The Morgan fingerprint density at radius 3 is 2.82 bits per heavy atom. The van der Waals surface area contributed by atoms with Crippen molar-refractivity contribution in [1.82, 2.24) is 10.2 Å². The van der Waals surface area contributed by atoms with E-state index < -0.39 is 0 Å². The highest BCUT2D eigenvalue weighted by Gasteiger charge is 2.20. The van der Waals surface area contributed by atoms with Gasteiger partial charge in [0.15, 0.2) is 5.96 Å². The number of aliphatic imine (C=N–C) groups is 1. The first kappa shape index (κ1) is 16.5. The molecule has 0 saturated carbocycles. The number of nitrogens with two attached hydrogens (primary N) is 1. The Balaban J connectivity index is 1.96. The monoisotopic (exact) mass is 302 g/mol. The molecule has 5 heteroatoms. The lowest BCUT2D eigenvalue weighted by molar-refractivity contribution is 0.174. The molecule has 0 amide bonds. The molecule has 1 fully saturated rings. The number of β-amino-alcohol motifs (C(OH)–C–C–N with tert-alkyl or cyclic N) is 1. The van der Waals surface area contributed by atoms with Crippen LogP contribution in [0.25, 0.3) is 0 Å². The standard InChI is InChI=1S/C17H26N4O/c1-13(2)9-19-17(18)20-10-14-5-3-4-6-15(14)11-21-8-7-16(22)12-21/h3-6,16,22H,1,7-12H2,2H3,(H3,18,19,20). The quantitative estimate of drug-likeness (QED) is 0.420. The number of nitrogens with one attached hydrogen (secondary N) is 1. The molecule has 1 aromatic rings. The summed E-state index contributed by atoms with van der Waals surface area (Å²) in [6, 6.07) is 8.26. The minimum Gasteiger partial charge on any atom is -0.392 e. The summed E-state index contributed by atoms with van der Waals surface area (Å²) in [4.78, 5) is 6.66. The fourth-order valence-corrected chi connectivity index (χ4v) is 2.53. The largest absolute Gasteiger partial charge is 0.392 e. The number of aliphatic hydroxyl groups is 1. The van der Waals surface area contributed by atoms with Gasteiger partial charge < -0.3 is 16.2 Å². The number of hydrogen-bond acceptors (Lipinski definition) is 3. The molecule has 1 heterocycles. The van der Waals surface area contributed by atoms with Crippen LogP contribution in [0, 0.1) is 0 Å². The van der Waals surface area contributed by atoms with Crippen LogP contribution >= 0.6 is 0 Å². The van der Waals surface area contributed by atoms with Crippen LogP contribution in [0.4, 0.5) is 0 Å². The van der Waals surface area contributed by atoms with E-state index in [2.05, 4.69) is 33.9 Å². The van der Waals surface area contributed by atoms with E-state index in [0.29, 0.717) is 19.0 Å². The molecule has 1 aromatic carbocycles. The molecule has 1 saturated heterocycles. The molecule has 0 aromatic heterocycles. The lowest BCUT2D eigenvalue weighted by Gasteiger charge is -2.17. The van der Waals surface area contributed by atoms with E-state index in [9.17, 15) is 5.11 Å². The van der Waals surface area contributed by atoms with E-state index in [1.165, 1.54) is 11.1 Å². The SMILES string of the molecule is C=C(C)CNC(N)=NCc1ccccc1CN1CCC(O)C1. The third kappa shape index (κ3) is 5.16. The van der Waals surface area contributed by atoms with Crippen LogP contribution in [0.5, 0.6) is 0 Å². The Morgan fingerprint density at radius 2 is 2.18 bits per heavy atom. The predicted molar refractivity (Wildman–Crippen MR) is 90.5 cm³/mol. The number of hydrogen-bond donors (Lipinski definition) is 3. The number of rotatable bonds is 6. The van der Waals surface area contributed by atoms with Crippen molar-refractivity contribution in [2.75, 3.05) is 19.6 Å². The van der Waals surface area contributed by atoms with Crippen molar-refractivity contribution in [3.63, 3.8) is 0 Å². The van der Waals surface area contributed by atoms with Crippen LogP contribution < -0.4 is 11.1 Å². The van der Waals surface area contributed by atoms with Gasteiger partial charge in [0.2, 0.25) is 0 Å². The normalized spacial score (nSPS) is 19.4. The lowest BCUT2D eigenvalue weighted by atomic mass is 10.1. The Morgan fingerprint density at radius 1 is 1.45 bits per heavy atom. The first-order valence-electron chi connectivity index (χ1n) is 7.70. The zero-order valence-electron chi connectivity index (χ0n) is 13.3. The zero-order chi connectivity index (χ0) is 15.9. The van der Waals surface area contributed by atoms with E-state index in [-0.39, 0.29) is 6.10 Å². The Hall–Kier alpha value is -1.85. The second kappa shape index (κ2) is 7.96. The number of nitrogens with zero attached hydrogens (tertiary/aromatic N) is 2. The molecule has 4 N–H and O–H groups in total. The first-order chi connectivity index (χ1) is 10.5. The Kier molecular flexibility index (Phi) is 5.98. The molecule has 1 atom stereocenters. The van der Waals surface area contributed by atoms with Gasteiger partial charge in [0, 0.05) is 26.2 Å². The molecule has 22 heavy (non-hydrogen) atoms. The molecule has 5 nitrogen and oxygen atoms in total. The van der Waals surface area contributed by atoms with E-state index in [4.69, 9.17) is 5.73 Å². The average molecular weight is 302 g/mol. The molecular weight excluding hydrogens is 276 g/mol. The molecular formula is C17H26N4O. The van der Waals surface area contributed by atoms with Gasteiger partial charge >= 0.3 is 0 Å². The van der Waals surface area contributed by atoms with Gasteiger partial charge in [-0.1, -0.05) is 36.4 Å². The smallest absolute Gasteiger partial charge is 0.189 e. The van der Waals surface area contributed by atoms with Crippen LogP contribution in [-0.4, -0.2) is 41.7 Å². The maximum atomic E-state index is 9.63. The number of aliphatic hydroxyl groups excluding tert-OH is 1. The highest BCUT2D eigenvalue weighted by atomic mass is 16.3. The van der Waals surface area contributed by atoms with Crippen LogP contribution in [0.15, 0.2) is 41.4 Å². The Labute approximate surface area is 132 Å². The van der Waals surface area contributed by atoms with Gasteiger partial charge in [-0.2, -0.15) is 0 Å². The summed E-state index contributed by atoms with van der Waals surface area (Å²) in [5, 5.41) is 12.7. The van der Waals surface area contributed by atoms with E-state index in [1.807, 2.05) is 19.1 Å². The summed E-state index contributed by atoms with van der Waals surface area (Å²) >= 11 is 0.